The molecular formula is C31H33FN2O8S. The number of nitrogens with one attached hydrogen (secondary N) is 2. The van der Waals surface area contributed by atoms with Crippen molar-refractivity contribution in [1.29, 1.82) is 0 Å². The van der Waals surface area contributed by atoms with Gasteiger partial charge in [0.15, 0.2) is 5.82 Å². The van der Waals surface area contributed by atoms with Gasteiger partial charge in [-0.1, -0.05) is 23.8 Å². The lowest BCUT2D eigenvalue weighted by molar-refractivity contribution is 0.0519. The number of aryl methyl sites for hydroxylation is 2. The highest BCUT2D eigenvalue weighted by molar-refractivity contribution is 7.85. The lowest BCUT2D eigenvalue weighted by atomic mass is 10.1. The van der Waals surface area contributed by atoms with Crippen molar-refractivity contribution in [1.82, 2.24) is 4.98 Å². The Bertz CT molecular complexity index is 1690. The lowest BCUT2D eigenvalue weighted by Gasteiger charge is -2.12. The molecule has 1 saturated heterocycles. The second-order valence-electron chi connectivity index (χ2n) is 9.91. The summed E-state index contributed by atoms with van der Waals surface area (Å²) in [7, 11) is -4.02. The normalized spacial score (nSPS) is 14.6. The zero-order valence-electron chi connectivity index (χ0n) is 24.0. The summed E-state index contributed by atoms with van der Waals surface area (Å²) in [6.45, 7) is 6.71. The second kappa shape index (κ2) is 13.8. The molecule has 12 heteroatoms. The van der Waals surface area contributed by atoms with E-state index in [-0.39, 0.29) is 34.5 Å². The fourth-order valence-corrected chi connectivity index (χ4v) is 4.92. The number of anilines is 1. The first-order chi connectivity index (χ1) is 20.5. The SMILES string of the molecule is CCOC(=O)c1[nH]c2c(F)c(NC(=O)c3ccc(OC[C@@H]4CCCO4)cc3)ccc2c1C.Cc1ccc(S(=O)(=O)O)cc1. The first kappa shape index (κ1) is 31.7. The second-order valence-corrected chi connectivity index (χ2v) is 11.3. The number of aromatic amines is 1. The Balaban J connectivity index is 0.000000324. The molecule has 10 nitrogen and oxygen atoms in total. The molecule has 1 aliphatic heterocycles. The van der Waals surface area contributed by atoms with Crippen molar-refractivity contribution in [3.05, 3.63) is 88.9 Å². The number of hydrogen-bond acceptors (Lipinski definition) is 7. The minimum atomic E-state index is -4.02. The average molecular weight is 613 g/mol. The molecule has 0 radical (unpaired) electrons. The maximum absolute atomic E-state index is 15.1. The third-order valence-electron chi connectivity index (χ3n) is 6.79. The zero-order chi connectivity index (χ0) is 31.1. The minimum Gasteiger partial charge on any atom is -0.491 e. The molecular weight excluding hydrogens is 579 g/mol. The van der Waals surface area contributed by atoms with Crippen LogP contribution in [0, 0.1) is 19.7 Å². The Labute approximate surface area is 248 Å². The Morgan fingerprint density at radius 2 is 1.77 bits per heavy atom. The maximum Gasteiger partial charge on any atom is 0.355 e. The van der Waals surface area contributed by atoms with Crippen molar-refractivity contribution in [3.8, 4) is 5.75 Å². The van der Waals surface area contributed by atoms with E-state index in [9.17, 15) is 18.0 Å². The number of carbonyl (C=O) groups is 2. The van der Waals surface area contributed by atoms with Gasteiger partial charge in [0.2, 0.25) is 0 Å². The number of rotatable bonds is 8. The van der Waals surface area contributed by atoms with Crippen molar-refractivity contribution < 1.29 is 41.2 Å². The number of H-pyrrole nitrogens is 1. The quantitative estimate of drug-likeness (QED) is 0.166. The first-order valence-corrected chi connectivity index (χ1v) is 15.1. The van der Waals surface area contributed by atoms with E-state index >= 15 is 4.39 Å². The Hall–Kier alpha value is -4.26. The summed E-state index contributed by atoms with van der Waals surface area (Å²) in [6.07, 6.45) is 2.14. The third kappa shape index (κ3) is 7.98. The highest BCUT2D eigenvalue weighted by Gasteiger charge is 2.21. The predicted octanol–water partition coefficient (Wildman–Crippen LogP) is 5.84. The molecule has 43 heavy (non-hydrogen) atoms. The van der Waals surface area contributed by atoms with Gasteiger partial charge in [-0.25, -0.2) is 9.18 Å². The summed E-state index contributed by atoms with van der Waals surface area (Å²) in [5.41, 5.74) is 2.26. The number of amides is 1. The molecule has 0 aliphatic carbocycles. The van der Waals surface area contributed by atoms with E-state index in [0.29, 0.717) is 28.9 Å². The molecule has 1 atom stereocenters. The molecule has 0 bridgehead atoms. The van der Waals surface area contributed by atoms with Gasteiger partial charge in [-0.05, 0) is 81.6 Å². The molecule has 1 amide bonds. The third-order valence-corrected chi connectivity index (χ3v) is 7.66. The number of carbonyl (C=O) groups excluding carboxylic acids is 2. The van der Waals surface area contributed by atoms with Gasteiger partial charge in [0.05, 0.1) is 28.8 Å². The smallest absolute Gasteiger partial charge is 0.355 e. The van der Waals surface area contributed by atoms with Gasteiger partial charge in [0.1, 0.15) is 18.1 Å². The van der Waals surface area contributed by atoms with Crippen LogP contribution in [-0.4, -0.2) is 55.8 Å². The van der Waals surface area contributed by atoms with Crippen LogP contribution < -0.4 is 10.1 Å². The Morgan fingerprint density at radius 1 is 1.07 bits per heavy atom. The van der Waals surface area contributed by atoms with E-state index in [4.69, 9.17) is 18.8 Å². The van der Waals surface area contributed by atoms with Crippen LogP contribution in [0.1, 0.15) is 51.7 Å². The molecule has 0 unspecified atom stereocenters. The minimum absolute atomic E-state index is 0.0119. The number of fused-ring (bicyclic) bond motifs is 1. The van der Waals surface area contributed by atoms with Crippen LogP contribution >= 0.6 is 0 Å². The number of ether oxygens (including phenoxy) is 3. The molecule has 3 aromatic carbocycles. The molecule has 0 saturated carbocycles. The molecule has 1 aliphatic rings. The van der Waals surface area contributed by atoms with Crippen LogP contribution in [0.3, 0.4) is 0 Å². The molecule has 4 aromatic rings. The van der Waals surface area contributed by atoms with E-state index in [2.05, 4.69) is 10.3 Å². The molecule has 228 valence electrons. The summed E-state index contributed by atoms with van der Waals surface area (Å²) < 4.78 is 60.9. The fraction of sp³-hybridized carbons (Fsp3) is 0.290. The van der Waals surface area contributed by atoms with Crippen molar-refractivity contribution in [2.45, 2.75) is 44.6 Å². The number of hydrogen-bond donors (Lipinski definition) is 3. The summed E-state index contributed by atoms with van der Waals surface area (Å²) in [4.78, 5) is 27.4. The standard InChI is InChI=1S/C24H25FN2O5.C7H8O3S/c1-3-30-24(29)21-14(2)18-10-11-19(20(25)22(18)27-21)26-23(28)15-6-8-16(9-7-15)32-13-17-5-4-12-31-17;1-6-2-4-7(5-3-6)11(8,9)10/h6-11,17,27H,3-5,12-13H2,1-2H3,(H,26,28);2-5H,1H3,(H,8,9,10)/t17-;/m0./s1. The van der Waals surface area contributed by atoms with E-state index in [0.717, 1.165) is 25.0 Å². The predicted molar refractivity (Wildman–Crippen MR) is 159 cm³/mol. The molecule has 3 N–H and O–H groups in total. The number of aromatic nitrogens is 1. The van der Waals surface area contributed by atoms with Crippen molar-refractivity contribution in [3.63, 3.8) is 0 Å². The monoisotopic (exact) mass is 612 g/mol. The molecule has 1 fully saturated rings. The van der Waals surface area contributed by atoms with Crippen LogP contribution in [0.25, 0.3) is 10.9 Å². The van der Waals surface area contributed by atoms with Crippen LogP contribution in [0.2, 0.25) is 0 Å². The van der Waals surface area contributed by atoms with Gasteiger partial charge in [0, 0.05) is 17.6 Å². The van der Waals surface area contributed by atoms with Crippen molar-refractivity contribution in [2.75, 3.05) is 25.1 Å². The van der Waals surface area contributed by atoms with Crippen LogP contribution in [0.15, 0.2) is 65.6 Å². The van der Waals surface area contributed by atoms with Gasteiger partial charge >= 0.3 is 5.97 Å². The van der Waals surface area contributed by atoms with Gasteiger partial charge in [-0.15, -0.1) is 0 Å². The number of benzene rings is 3. The summed E-state index contributed by atoms with van der Waals surface area (Å²) >= 11 is 0. The van der Waals surface area contributed by atoms with Crippen LogP contribution in [0.4, 0.5) is 10.1 Å². The molecule has 5 rings (SSSR count). The van der Waals surface area contributed by atoms with Gasteiger partial charge in [-0.3, -0.25) is 9.35 Å². The van der Waals surface area contributed by atoms with Crippen LogP contribution in [-0.2, 0) is 19.6 Å². The van der Waals surface area contributed by atoms with Gasteiger partial charge in [0.25, 0.3) is 16.0 Å². The highest BCUT2D eigenvalue weighted by atomic mass is 32.2. The van der Waals surface area contributed by atoms with Crippen molar-refractivity contribution >= 4 is 38.6 Å². The van der Waals surface area contributed by atoms with Crippen LogP contribution in [0.5, 0.6) is 5.75 Å². The van der Waals surface area contributed by atoms with Gasteiger partial charge in [-0.2, -0.15) is 8.42 Å². The number of esters is 1. The summed E-state index contributed by atoms with van der Waals surface area (Å²) in [5.74, 6) is -1.01. The van der Waals surface area contributed by atoms with E-state index in [1.165, 1.54) is 18.2 Å². The first-order valence-electron chi connectivity index (χ1n) is 13.7. The highest BCUT2D eigenvalue weighted by Crippen LogP contribution is 2.29. The fourth-order valence-electron chi connectivity index (χ4n) is 4.44. The zero-order valence-corrected chi connectivity index (χ0v) is 24.8. The summed E-state index contributed by atoms with van der Waals surface area (Å²) in [6, 6.07) is 15.8. The Morgan fingerprint density at radius 3 is 2.37 bits per heavy atom. The van der Waals surface area contributed by atoms with Gasteiger partial charge < -0.3 is 24.5 Å². The van der Waals surface area contributed by atoms with Crippen molar-refractivity contribution in [2.24, 2.45) is 0 Å². The topological polar surface area (TPSA) is 144 Å². The molecule has 1 aromatic heterocycles. The largest absolute Gasteiger partial charge is 0.491 e. The lowest BCUT2D eigenvalue weighted by Crippen LogP contribution is -2.16. The van der Waals surface area contributed by atoms with E-state index < -0.39 is 27.8 Å². The Kier molecular flexibility index (Phi) is 10.2. The molecule has 2 heterocycles. The average Bonchev–Trinajstić information content (AvgIpc) is 3.62. The molecule has 0 spiro atoms. The van der Waals surface area contributed by atoms with E-state index in [1.807, 2.05) is 6.92 Å². The summed E-state index contributed by atoms with van der Waals surface area (Å²) in [5, 5.41) is 3.14. The maximum atomic E-state index is 15.1. The van der Waals surface area contributed by atoms with E-state index in [1.54, 1.807) is 56.3 Å². The number of halogens is 1.